The molecule has 0 bridgehead atoms. The first-order valence-corrected chi connectivity index (χ1v) is 6.79. The molecule has 0 spiro atoms. The molecular formula is C15H16N4O2. The molecule has 3 rings (SSSR count). The average molecular weight is 284 g/mol. The number of methoxy groups -OCH3 is 1. The fourth-order valence-corrected chi connectivity index (χ4v) is 2.00. The molecule has 0 saturated heterocycles. The monoisotopic (exact) mass is 284 g/mol. The minimum absolute atomic E-state index is 0.322. The summed E-state index contributed by atoms with van der Waals surface area (Å²) in [7, 11) is 1.60. The molecular weight excluding hydrogens is 268 g/mol. The van der Waals surface area contributed by atoms with Crippen molar-refractivity contribution in [2.45, 2.75) is 18.8 Å². The van der Waals surface area contributed by atoms with E-state index in [0.29, 0.717) is 11.6 Å². The van der Waals surface area contributed by atoms with Crippen LogP contribution in [-0.2, 0) is 0 Å². The highest BCUT2D eigenvalue weighted by molar-refractivity contribution is 5.93. The van der Waals surface area contributed by atoms with Gasteiger partial charge in [0, 0.05) is 11.6 Å². The second-order valence-corrected chi connectivity index (χ2v) is 4.96. The van der Waals surface area contributed by atoms with Crippen LogP contribution in [0.3, 0.4) is 0 Å². The van der Waals surface area contributed by atoms with Gasteiger partial charge >= 0.3 is 0 Å². The average Bonchev–Trinajstić information content (AvgIpc) is 3.24. The fraction of sp³-hybridized carbons (Fsp3) is 0.267. The zero-order valence-electron chi connectivity index (χ0n) is 11.7. The molecule has 1 saturated carbocycles. The first-order chi connectivity index (χ1) is 10.3. The fourth-order valence-electron chi connectivity index (χ4n) is 2.00. The molecule has 1 aromatic carbocycles. The van der Waals surface area contributed by atoms with E-state index in [2.05, 4.69) is 20.7 Å². The number of aromatic amines is 1. The Morgan fingerprint density at radius 2 is 2.33 bits per heavy atom. The summed E-state index contributed by atoms with van der Waals surface area (Å²) in [6.07, 6.45) is 3.89. The molecule has 1 aliphatic carbocycles. The smallest absolute Gasteiger partial charge is 0.291 e. The summed E-state index contributed by atoms with van der Waals surface area (Å²) in [5.74, 6) is 0.961. The quantitative estimate of drug-likeness (QED) is 0.651. The normalized spacial score (nSPS) is 14.3. The summed E-state index contributed by atoms with van der Waals surface area (Å²) in [4.78, 5) is 11.9. The van der Waals surface area contributed by atoms with Crippen molar-refractivity contribution in [3.8, 4) is 5.75 Å². The van der Waals surface area contributed by atoms with Crippen molar-refractivity contribution in [3.63, 3.8) is 0 Å². The van der Waals surface area contributed by atoms with Crippen LogP contribution in [0.5, 0.6) is 5.75 Å². The predicted octanol–water partition coefficient (Wildman–Crippen LogP) is 2.06. The number of hydrogen-bond acceptors (Lipinski definition) is 4. The van der Waals surface area contributed by atoms with Gasteiger partial charge in [-0.3, -0.25) is 9.89 Å². The Balaban J connectivity index is 1.60. The van der Waals surface area contributed by atoms with Gasteiger partial charge in [0.15, 0.2) is 5.69 Å². The van der Waals surface area contributed by atoms with Gasteiger partial charge in [-0.25, -0.2) is 5.43 Å². The molecule has 0 atom stereocenters. The number of nitrogens with zero attached hydrogens (tertiary/aromatic N) is 2. The van der Waals surface area contributed by atoms with Crippen LogP contribution in [-0.4, -0.2) is 29.4 Å². The maximum Gasteiger partial charge on any atom is 0.291 e. The van der Waals surface area contributed by atoms with Crippen LogP contribution in [0, 0.1) is 0 Å². The lowest BCUT2D eigenvalue weighted by Crippen LogP contribution is -2.18. The van der Waals surface area contributed by atoms with Crippen molar-refractivity contribution in [2.75, 3.05) is 7.11 Å². The van der Waals surface area contributed by atoms with Gasteiger partial charge < -0.3 is 4.74 Å². The molecule has 6 nitrogen and oxygen atoms in total. The Bertz CT molecular complexity index is 674. The van der Waals surface area contributed by atoms with Crippen LogP contribution in [0.4, 0.5) is 0 Å². The van der Waals surface area contributed by atoms with Crippen LogP contribution in [0.15, 0.2) is 35.4 Å². The molecule has 1 fully saturated rings. The van der Waals surface area contributed by atoms with E-state index < -0.39 is 0 Å². The molecule has 1 heterocycles. The van der Waals surface area contributed by atoms with E-state index in [4.69, 9.17) is 4.74 Å². The lowest BCUT2D eigenvalue weighted by atomic mass is 10.2. The molecule has 2 aromatic rings. The molecule has 6 heteroatoms. The molecule has 0 radical (unpaired) electrons. The van der Waals surface area contributed by atoms with Gasteiger partial charge in [0.2, 0.25) is 0 Å². The number of ether oxygens (including phenoxy) is 1. The lowest BCUT2D eigenvalue weighted by molar-refractivity contribution is 0.0950. The third-order valence-corrected chi connectivity index (χ3v) is 3.32. The third-order valence-electron chi connectivity index (χ3n) is 3.32. The van der Waals surface area contributed by atoms with E-state index in [1.807, 2.05) is 24.3 Å². The van der Waals surface area contributed by atoms with Crippen molar-refractivity contribution in [2.24, 2.45) is 5.10 Å². The van der Waals surface area contributed by atoms with Gasteiger partial charge in [0.25, 0.3) is 5.91 Å². The number of hydrogen-bond donors (Lipinski definition) is 2. The number of nitrogens with one attached hydrogen (secondary N) is 2. The number of amides is 1. The van der Waals surface area contributed by atoms with E-state index in [1.54, 1.807) is 19.4 Å². The maximum absolute atomic E-state index is 11.9. The highest BCUT2D eigenvalue weighted by Gasteiger charge is 2.26. The zero-order valence-corrected chi connectivity index (χ0v) is 11.7. The summed E-state index contributed by atoms with van der Waals surface area (Å²) in [5.41, 5.74) is 4.69. The van der Waals surface area contributed by atoms with Crippen molar-refractivity contribution in [1.82, 2.24) is 15.6 Å². The molecule has 2 N–H and O–H groups in total. The molecule has 21 heavy (non-hydrogen) atoms. The van der Waals surface area contributed by atoms with E-state index in [1.165, 1.54) is 0 Å². The highest BCUT2D eigenvalue weighted by Crippen LogP contribution is 2.38. The van der Waals surface area contributed by atoms with E-state index in [-0.39, 0.29) is 5.91 Å². The molecule has 0 aliphatic heterocycles. The summed E-state index contributed by atoms with van der Waals surface area (Å²) >= 11 is 0. The Morgan fingerprint density at radius 3 is 3.10 bits per heavy atom. The van der Waals surface area contributed by atoms with Gasteiger partial charge in [-0.1, -0.05) is 12.1 Å². The number of rotatable bonds is 5. The molecule has 0 unspecified atom stereocenters. The van der Waals surface area contributed by atoms with E-state index in [0.717, 1.165) is 29.8 Å². The Labute approximate surface area is 122 Å². The minimum Gasteiger partial charge on any atom is -0.497 e. The van der Waals surface area contributed by atoms with Crippen LogP contribution in [0.1, 0.15) is 40.5 Å². The zero-order chi connectivity index (χ0) is 14.7. The maximum atomic E-state index is 11.9. The molecule has 1 aliphatic rings. The van der Waals surface area contributed by atoms with Crippen molar-refractivity contribution in [3.05, 3.63) is 47.3 Å². The summed E-state index contributed by atoms with van der Waals surface area (Å²) in [6.45, 7) is 0. The van der Waals surface area contributed by atoms with Gasteiger partial charge in [-0.05, 0) is 36.6 Å². The van der Waals surface area contributed by atoms with Crippen LogP contribution in [0.2, 0.25) is 0 Å². The van der Waals surface area contributed by atoms with E-state index >= 15 is 0 Å². The van der Waals surface area contributed by atoms with E-state index in [9.17, 15) is 4.79 Å². The van der Waals surface area contributed by atoms with Gasteiger partial charge in [-0.15, -0.1) is 0 Å². The first kappa shape index (κ1) is 13.4. The minimum atomic E-state index is -0.322. The summed E-state index contributed by atoms with van der Waals surface area (Å²) in [5, 5.41) is 10.8. The molecule has 108 valence electrons. The number of benzene rings is 1. The van der Waals surface area contributed by atoms with Gasteiger partial charge in [0.05, 0.1) is 13.3 Å². The second kappa shape index (κ2) is 5.78. The predicted molar refractivity (Wildman–Crippen MR) is 78.6 cm³/mol. The Morgan fingerprint density at radius 1 is 1.48 bits per heavy atom. The van der Waals surface area contributed by atoms with Crippen molar-refractivity contribution in [1.29, 1.82) is 0 Å². The molecule has 1 aromatic heterocycles. The number of H-pyrrole nitrogens is 1. The molecule has 1 amide bonds. The summed E-state index contributed by atoms with van der Waals surface area (Å²) < 4.78 is 5.12. The second-order valence-electron chi connectivity index (χ2n) is 4.96. The number of aromatic nitrogens is 2. The van der Waals surface area contributed by atoms with Crippen LogP contribution in [0.25, 0.3) is 0 Å². The first-order valence-electron chi connectivity index (χ1n) is 6.79. The Hall–Kier alpha value is -2.63. The van der Waals surface area contributed by atoms with Crippen molar-refractivity contribution < 1.29 is 9.53 Å². The van der Waals surface area contributed by atoms with Gasteiger partial charge in [-0.2, -0.15) is 10.2 Å². The van der Waals surface area contributed by atoms with Gasteiger partial charge in [0.1, 0.15) is 5.75 Å². The number of carbonyl (C=O) groups excluding carboxylic acids is 1. The number of hydrazone groups is 1. The highest BCUT2D eigenvalue weighted by atomic mass is 16.5. The number of carbonyl (C=O) groups is 1. The largest absolute Gasteiger partial charge is 0.497 e. The summed E-state index contributed by atoms with van der Waals surface area (Å²) in [6, 6.07) is 9.19. The SMILES string of the molecule is COc1cccc(/C=N\NC(=O)c2cc(C3CC3)[nH]n2)c1. The van der Waals surface area contributed by atoms with Crippen LogP contribution < -0.4 is 10.2 Å². The third kappa shape index (κ3) is 3.28. The topological polar surface area (TPSA) is 79.4 Å². The standard InChI is InChI=1S/C15H16N4O2/c1-21-12-4-2-3-10(7-12)9-16-19-15(20)14-8-13(17-18-14)11-5-6-11/h2-4,7-9,11H,5-6H2,1H3,(H,17,18)(H,19,20)/b16-9-. The van der Waals surface area contributed by atoms with Crippen LogP contribution >= 0.6 is 0 Å². The van der Waals surface area contributed by atoms with Crippen molar-refractivity contribution >= 4 is 12.1 Å². The lowest BCUT2D eigenvalue weighted by Gasteiger charge is -1.99. The Kier molecular flexibility index (Phi) is 3.68.